The lowest BCUT2D eigenvalue weighted by Crippen LogP contribution is -2.43. The summed E-state index contributed by atoms with van der Waals surface area (Å²) in [5, 5.41) is 3.84. The molecule has 28 heavy (non-hydrogen) atoms. The average Bonchev–Trinajstić information content (AvgIpc) is 3.13. The third kappa shape index (κ3) is 4.80. The van der Waals surface area contributed by atoms with E-state index in [0.29, 0.717) is 5.89 Å². The van der Waals surface area contributed by atoms with Gasteiger partial charge >= 0.3 is 0 Å². The second kappa shape index (κ2) is 8.59. The molecule has 4 rings (SSSR count). The summed E-state index contributed by atoms with van der Waals surface area (Å²) < 4.78 is 5.59. The first-order chi connectivity index (χ1) is 13.7. The molecule has 1 aliphatic heterocycles. The number of oxazole rings is 1. The van der Waals surface area contributed by atoms with Gasteiger partial charge in [-0.2, -0.15) is 0 Å². The summed E-state index contributed by atoms with van der Waals surface area (Å²) in [6, 6.07) is 15.7. The number of aromatic nitrogens is 1. The van der Waals surface area contributed by atoms with Gasteiger partial charge in [-0.25, -0.2) is 4.98 Å². The average molecular weight is 396 g/mol. The summed E-state index contributed by atoms with van der Waals surface area (Å²) in [5.41, 5.74) is 2.76. The Hall–Kier alpha value is -2.63. The van der Waals surface area contributed by atoms with Crippen LogP contribution in [0.15, 0.2) is 59.0 Å². The van der Waals surface area contributed by atoms with Crippen LogP contribution >= 0.6 is 11.6 Å². The third-order valence-electron chi connectivity index (χ3n) is 4.94. The Labute approximate surface area is 169 Å². The number of halogens is 1. The number of carbonyl (C=O) groups excluding carboxylic acids is 1. The quantitative estimate of drug-likeness (QED) is 0.655. The highest BCUT2D eigenvalue weighted by atomic mass is 35.5. The van der Waals surface area contributed by atoms with E-state index >= 15 is 0 Å². The van der Waals surface area contributed by atoms with Crippen molar-refractivity contribution in [3.8, 4) is 0 Å². The molecule has 5 nitrogen and oxygen atoms in total. The second-order valence-corrected chi connectivity index (χ2v) is 7.48. The zero-order valence-electron chi connectivity index (χ0n) is 15.5. The summed E-state index contributed by atoms with van der Waals surface area (Å²) in [6.07, 6.45) is 4.99. The molecule has 1 aliphatic rings. The molecule has 2 aromatic carbocycles. The second-order valence-electron chi connectivity index (χ2n) is 7.04. The van der Waals surface area contributed by atoms with Crippen molar-refractivity contribution in [3.05, 3.63) is 71.1 Å². The molecule has 0 radical (unpaired) electrons. The molecule has 0 saturated carbocycles. The van der Waals surface area contributed by atoms with Gasteiger partial charge < -0.3 is 9.73 Å². The molecule has 3 aromatic rings. The van der Waals surface area contributed by atoms with E-state index in [4.69, 9.17) is 16.0 Å². The van der Waals surface area contributed by atoms with Crippen LogP contribution in [0.2, 0.25) is 5.02 Å². The topological polar surface area (TPSA) is 58.4 Å². The molecule has 0 aliphatic carbocycles. The van der Waals surface area contributed by atoms with Crippen LogP contribution in [-0.2, 0) is 11.3 Å². The van der Waals surface area contributed by atoms with Gasteiger partial charge in [0.2, 0.25) is 11.8 Å². The molecule has 0 bridgehead atoms. The number of rotatable bonds is 5. The minimum atomic E-state index is -0.113. The van der Waals surface area contributed by atoms with Crippen LogP contribution < -0.4 is 5.32 Å². The molecule has 1 saturated heterocycles. The summed E-state index contributed by atoms with van der Waals surface area (Å²) in [5.74, 6) is 0.326. The number of hydrogen-bond acceptors (Lipinski definition) is 4. The summed E-state index contributed by atoms with van der Waals surface area (Å²) >= 11 is 5.94. The Morgan fingerprint density at radius 1 is 1.18 bits per heavy atom. The van der Waals surface area contributed by atoms with Crippen LogP contribution in [0.1, 0.15) is 24.3 Å². The number of likely N-dealkylation sites (tertiary alicyclic amines) is 1. The molecule has 1 amide bonds. The lowest BCUT2D eigenvalue weighted by molar-refractivity contribution is -0.117. The molecule has 1 N–H and O–H groups in total. The van der Waals surface area contributed by atoms with E-state index in [0.717, 1.165) is 48.6 Å². The van der Waals surface area contributed by atoms with Gasteiger partial charge in [0.25, 0.3) is 0 Å². The molecule has 0 unspecified atom stereocenters. The van der Waals surface area contributed by atoms with Crippen molar-refractivity contribution >= 4 is 34.7 Å². The van der Waals surface area contributed by atoms with Crippen LogP contribution in [0, 0.1) is 0 Å². The number of piperidine rings is 1. The first kappa shape index (κ1) is 18.7. The van der Waals surface area contributed by atoms with Crippen molar-refractivity contribution in [2.75, 3.05) is 13.1 Å². The highest BCUT2D eigenvalue weighted by Gasteiger charge is 2.20. The van der Waals surface area contributed by atoms with Gasteiger partial charge in [0.1, 0.15) is 5.52 Å². The van der Waals surface area contributed by atoms with Gasteiger partial charge in [0.15, 0.2) is 5.58 Å². The molecule has 0 atom stereocenters. The van der Waals surface area contributed by atoms with Crippen molar-refractivity contribution in [1.82, 2.24) is 15.2 Å². The van der Waals surface area contributed by atoms with Gasteiger partial charge in [-0.3, -0.25) is 9.69 Å². The maximum absolute atomic E-state index is 12.2. The van der Waals surface area contributed by atoms with Crippen LogP contribution in [-0.4, -0.2) is 34.9 Å². The first-order valence-corrected chi connectivity index (χ1v) is 9.84. The summed E-state index contributed by atoms with van der Waals surface area (Å²) in [7, 11) is 0. The molecular weight excluding hydrogens is 374 g/mol. The zero-order valence-corrected chi connectivity index (χ0v) is 16.2. The number of nitrogens with one attached hydrogen (secondary N) is 1. The normalized spacial score (nSPS) is 16.0. The fourth-order valence-corrected chi connectivity index (χ4v) is 3.57. The van der Waals surface area contributed by atoms with Crippen LogP contribution in [0.25, 0.3) is 17.2 Å². The monoisotopic (exact) mass is 395 g/mol. The SMILES string of the molecule is O=C(C=Cc1nc2ccccc2o1)NC1CCN(Cc2ccc(Cl)cc2)CC1. The van der Waals surface area contributed by atoms with Gasteiger partial charge in [-0.05, 0) is 42.7 Å². The first-order valence-electron chi connectivity index (χ1n) is 9.47. The number of nitrogens with zero attached hydrogens (tertiary/aromatic N) is 2. The maximum atomic E-state index is 12.2. The van der Waals surface area contributed by atoms with E-state index < -0.39 is 0 Å². The Balaban J connectivity index is 1.25. The Morgan fingerprint density at radius 3 is 2.68 bits per heavy atom. The molecule has 144 valence electrons. The molecule has 1 aromatic heterocycles. The number of para-hydroxylation sites is 2. The lowest BCUT2D eigenvalue weighted by atomic mass is 10.0. The minimum Gasteiger partial charge on any atom is -0.437 e. The van der Waals surface area contributed by atoms with Crippen LogP contribution in [0.5, 0.6) is 0 Å². The fourth-order valence-electron chi connectivity index (χ4n) is 3.44. The van der Waals surface area contributed by atoms with Crippen LogP contribution in [0.4, 0.5) is 0 Å². The van der Waals surface area contributed by atoms with Crippen molar-refractivity contribution < 1.29 is 9.21 Å². The number of carbonyl (C=O) groups is 1. The van der Waals surface area contributed by atoms with Crippen molar-refractivity contribution in [3.63, 3.8) is 0 Å². The van der Waals surface area contributed by atoms with Gasteiger partial charge in [0.05, 0.1) is 0 Å². The minimum absolute atomic E-state index is 0.113. The standard InChI is InChI=1S/C22H22ClN3O2/c23-17-7-5-16(6-8-17)15-26-13-11-18(12-14-26)24-21(27)9-10-22-25-19-3-1-2-4-20(19)28-22/h1-10,18H,11-15H2,(H,24,27). The Morgan fingerprint density at radius 2 is 1.93 bits per heavy atom. The molecule has 1 fully saturated rings. The van der Waals surface area contributed by atoms with E-state index in [1.54, 1.807) is 6.08 Å². The van der Waals surface area contributed by atoms with Crippen molar-refractivity contribution in [2.45, 2.75) is 25.4 Å². The highest BCUT2D eigenvalue weighted by Crippen LogP contribution is 2.17. The number of fused-ring (bicyclic) bond motifs is 1. The van der Waals surface area contributed by atoms with E-state index in [-0.39, 0.29) is 11.9 Å². The van der Waals surface area contributed by atoms with E-state index in [1.807, 2.05) is 36.4 Å². The van der Waals surface area contributed by atoms with Crippen molar-refractivity contribution in [2.24, 2.45) is 0 Å². The number of amides is 1. The smallest absolute Gasteiger partial charge is 0.244 e. The Kier molecular flexibility index (Phi) is 5.74. The summed E-state index contributed by atoms with van der Waals surface area (Å²) in [4.78, 5) is 19.0. The predicted molar refractivity (Wildman–Crippen MR) is 111 cm³/mol. The van der Waals surface area contributed by atoms with Crippen molar-refractivity contribution in [1.29, 1.82) is 0 Å². The van der Waals surface area contributed by atoms with E-state index in [9.17, 15) is 4.79 Å². The molecular formula is C22H22ClN3O2. The van der Waals surface area contributed by atoms with Gasteiger partial charge in [-0.1, -0.05) is 35.9 Å². The predicted octanol–water partition coefficient (Wildman–Crippen LogP) is 4.28. The third-order valence-corrected chi connectivity index (χ3v) is 5.19. The molecule has 6 heteroatoms. The molecule has 2 heterocycles. The summed E-state index contributed by atoms with van der Waals surface area (Å²) in [6.45, 7) is 2.83. The number of hydrogen-bond donors (Lipinski definition) is 1. The van der Waals surface area contributed by atoms with E-state index in [2.05, 4.69) is 27.3 Å². The fraction of sp³-hybridized carbons (Fsp3) is 0.273. The van der Waals surface area contributed by atoms with E-state index in [1.165, 1.54) is 11.6 Å². The van der Waals surface area contributed by atoms with Gasteiger partial charge in [-0.15, -0.1) is 0 Å². The molecule has 0 spiro atoms. The van der Waals surface area contributed by atoms with Crippen LogP contribution in [0.3, 0.4) is 0 Å². The zero-order chi connectivity index (χ0) is 19.3. The lowest BCUT2D eigenvalue weighted by Gasteiger charge is -2.32. The largest absolute Gasteiger partial charge is 0.437 e. The number of benzene rings is 2. The maximum Gasteiger partial charge on any atom is 0.244 e. The van der Waals surface area contributed by atoms with Gasteiger partial charge in [0, 0.05) is 42.9 Å². The highest BCUT2D eigenvalue weighted by molar-refractivity contribution is 6.30. The Bertz CT molecular complexity index is 940.